The van der Waals surface area contributed by atoms with Gasteiger partial charge in [-0.15, -0.1) is 0 Å². The summed E-state index contributed by atoms with van der Waals surface area (Å²) >= 11 is 0. The minimum Gasteiger partial charge on any atom is -0.494 e. The Kier molecular flexibility index (Phi) is 13.7. The Balaban J connectivity index is 1.26. The molecule has 0 spiro atoms. The Morgan fingerprint density at radius 1 is 0.854 bits per heavy atom. The molecule has 8 heteroatoms. The van der Waals surface area contributed by atoms with E-state index in [1.807, 2.05) is 66.4 Å². The van der Waals surface area contributed by atoms with Crippen LogP contribution in [0.25, 0.3) is 0 Å². The van der Waals surface area contributed by atoms with E-state index in [4.69, 9.17) is 13.9 Å². The van der Waals surface area contributed by atoms with Crippen molar-refractivity contribution < 1.29 is 23.5 Å². The highest BCUT2D eigenvalue weighted by Crippen LogP contribution is 2.36. The number of nitrogens with one attached hydrogen (secondary N) is 1. The van der Waals surface area contributed by atoms with E-state index in [1.165, 1.54) is 0 Å². The number of hydrogen-bond donors (Lipinski definition) is 1. The van der Waals surface area contributed by atoms with Crippen LogP contribution in [0, 0.1) is 5.92 Å². The topological polar surface area (TPSA) is 77.1 Å². The van der Waals surface area contributed by atoms with Crippen molar-refractivity contribution in [3.05, 3.63) is 95.6 Å². The maximum Gasteiger partial charge on any atom is 0.222 e. The van der Waals surface area contributed by atoms with Crippen LogP contribution in [-0.4, -0.2) is 57.4 Å². The molecule has 3 aromatic rings. The summed E-state index contributed by atoms with van der Waals surface area (Å²) in [5.74, 6) is 2.19. The predicted molar refractivity (Wildman–Crippen MR) is 196 cm³/mol. The molecule has 1 fully saturated rings. The second-order valence-corrected chi connectivity index (χ2v) is 19.4. The van der Waals surface area contributed by atoms with Crippen molar-refractivity contribution in [2.75, 3.05) is 26.3 Å². The van der Waals surface area contributed by atoms with Crippen molar-refractivity contribution in [2.24, 2.45) is 5.92 Å². The Bertz CT molecular complexity index is 1410. The van der Waals surface area contributed by atoms with Crippen molar-refractivity contribution in [3.63, 3.8) is 0 Å². The Morgan fingerprint density at radius 3 is 2.06 bits per heavy atom. The monoisotopic (exact) mass is 672 g/mol. The lowest BCUT2D eigenvalue weighted by Gasteiger charge is -2.37. The first kappa shape index (κ1) is 37.2. The molecule has 0 radical (unpaired) electrons. The van der Waals surface area contributed by atoms with Gasteiger partial charge < -0.3 is 24.1 Å². The molecule has 0 aromatic heterocycles. The molecule has 3 aromatic carbocycles. The molecule has 48 heavy (non-hydrogen) atoms. The van der Waals surface area contributed by atoms with Crippen molar-refractivity contribution in [1.82, 2.24) is 10.2 Å². The average Bonchev–Trinajstić information content (AvgIpc) is 3.07. The van der Waals surface area contributed by atoms with Gasteiger partial charge in [-0.25, -0.2) is 0 Å². The second kappa shape index (κ2) is 17.7. The fourth-order valence-corrected chi connectivity index (χ4v) is 6.74. The third-order valence-electron chi connectivity index (χ3n) is 9.77. The summed E-state index contributed by atoms with van der Waals surface area (Å²) in [5.41, 5.74) is 3.39. The fourth-order valence-electron chi connectivity index (χ4n) is 5.69. The zero-order valence-electron chi connectivity index (χ0n) is 29.9. The molecule has 0 saturated carbocycles. The number of benzene rings is 3. The standard InChI is InChI=1S/C40H56N2O5Si/c1-7-45-36-18-13-31(14-19-36)17-22-39(44)42-25-23-33(24-26-42)28-38(43)41-35(30-47-48(5,6)40(2,3)4)27-32-15-20-37(21-16-32)46-29-34-11-9-8-10-12-34/h8-16,18-21,33,35H,7,17,22-30H2,1-6H3,(H,41,43). The molecule has 1 heterocycles. The van der Waals surface area contributed by atoms with Gasteiger partial charge in [0.15, 0.2) is 8.32 Å². The van der Waals surface area contributed by atoms with Gasteiger partial charge in [0, 0.05) is 25.9 Å². The minimum atomic E-state index is -2.00. The number of hydrogen-bond acceptors (Lipinski definition) is 5. The largest absolute Gasteiger partial charge is 0.494 e. The van der Waals surface area contributed by atoms with E-state index in [0.29, 0.717) is 52.2 Å². The van der Waals surface area contributed by atoms with Crippen LogP contribution in [0.4, 0.5) is 0 Å². The highest BCUT2D eigenvalue weighted by atomic mass is 28.4. The van der Waals surface area contributed by atoms with Crippen LogP contribution in [0.15, 0.2) is 78.9 Å². The first-order chi connectivity index (χ1) is 22.9. The Hall–Kier alpha value is -3.62. The third kappa shape index (κ3) is 11.8. The minimum absolute atomic E-state index is 0.0573. The zero-order valence-corrected chi connectivity index (χ0v) is 30.9. The van der Waals surface area contributed by atoms with Crippen molar-refractivity contribution in [2.45, 2.75) is 97.0 Å². The molecule has 1 aliphatic heterocycles. The van der Waals surface area contributed by atoms with Crippen LogP contribution in [0.5, 0.6) is 11.5 Å². The van der Waals surface area contributed by atoms with Gasteiger partial charge in [0.1, 0.15) is 18.1 Å². The number of ether oxygens (including phenoxy) is 2. The number of rotatable bonds is 16. The first-order valence-electron chi connectivity index (χ1n) is 17.6. The number of carbonyl (C=O) groups is 2. The second-order valence-electron chi connectivity index (χ2n) is 14.6. The molecule has 1 saturated heterocycles. The van der Waals surface area contributed by atoms with Crippen LogP contribution in [-0.2, 0) is 33.5 Å². The van der Waals surface area contributed by atoms with Crippen molar-refractivity contribution in [3.8, 4) is 11.5 Å². The Morgan fingerprint density at radius 2 is 1.46 bits per heavy atom. The molecule has 1 N–H and O–H groups in total. The van der Waals surface area contributed by atoms with Gasteiger partial charge in [0.05, 0.1) is 19.3 Å². The van der Waals surface area contributed by atoms with E-state index in [-0.39, 0.29) is 28.8 Å². The van der Waals surface area contributed by atoms with E-state index in [1.54, 1.807) is 0 Å². The predicted octanol–water partition coefficient (Wildman–Crippen LogP) is 7.97. The molecule has 260 valence electrons. The molecule has 1 unspecified atom stereocenters. The Labute approximate surface area is 289 Å². The van der Waals surface area contributed by atoms with Crippen LogP contribution in [0.2, 0.25) is 18.1 Å². The highest BCUT2D eigenvalue weighted by Gasteiger charge is 2.37. The fraction of sp³-hybridized carbons (Fsp3) is 0.500. The van der Waals surface area contributed by atoms with E-state index in [2.05, 4.69) is 63.4 Å². The molecular weight excluding hydrogens is 617 g/mol. The number of aryl methyl sites for hydroxylation is 1. The molecule has 1 aliphatic rings. The summed E-state index contributed by atoms with van der Waals surface area (Å²) in [5, 5.41) is 3.40. The van der Waals surface area contributed by atoms with Gasteiger partial charge >= 0.3 is 0 Å². The summed E-state index contributed by atoms with van der Waals surface area (Å²) in [6.45, 7) is 16.2. The molecular formula is C40H56N2O5Si. The molecule has 1 atom stereocenters. The van der Waals surface area contributed by atoms with Crippen LogP contribution in [0.1, 0.15) is 70.1 Å². The quantitative estimate of drug-likeness (QED) is 0.156. The lowest BCUT2D eigenvalue weighted by molar-refractivity contribution is -0.132. The number of carbonyl (C=O) groups excluding carboxylic acids is 2. The number of nitrogens with zero attached hydrogens (tertiary/aromatic N) is 1. The summed E-state index contributed by atoms with van der Waals surface area (Å²) in [7, 11) is -2.00. The normalized spacial score (nSPS) is 14.8. The number of likely N-dealkylation sites (tertiary alicyclic amines) is 1. The summed E-state index contributed by atoms with van der Waals surface area (Å²) in [6, 6.07) is 26.1. The highest BCUT2D eigenvalue weighted by molar-refractivity contribution is 6.74. The van der Waals surface area contributed by atoms with Gasteiger partial charge in [-0.2, -0.15) is 0 Å². The summed E-state index contributed by atoms with van der Waals surface area (Å²) in [4.78, 5) is 28.3. The SMILES string of the molecule is CCOc1ccc(CCC(=O)N2CCC(CC(=O)NC(CO[Si](C)(C)C(C)(C)C)Cc3ccc(OCc4ccccc4)cc3)CC2)cc1. The molecule has 0 bridgehead atoms. The molecule has 2 amide bonds. The summed E-state index contributed by atoms with van der Waals surface area (Å²) in [6.07, 6.45) is 4.05. The molecule has 4 rings (SSSR count). The number of piperidine rings is 1. The molecule has 0 aliphatic carbocycles. The van der Waals surface area contributed by atoms with Gasteiger partial charge in [-0.1, -0.05) is 75.4 Å². The lowest BCUT2D eigenvalue weighted by Crippen LogP contribution is -2.47. The first-order valence-corrected chi connectivity index (χ1v) is 20.5. The van der Waals surface area contributed by atoms with E-state index in [0.717, 1.165) is 47.5 Å². The van der Waals surface area contributed by atoms with Gasteiger partial charge in [-0.05, 0) is 97.6 Å². The third-order valence-corrected chi connectivity index (χ3v) is 14.3. The maximum atomic E-state index is 13.4. The molecule has 7 nitrogen and oxygen atoms in total. The van der Waals surface area contributed by atoms with E-state index in [9.17, 15) is 9.59 Å². The average molecular weight is 673 g/mol. The van der Waals surface area contributed by atoms with Crippen LogP contribution in [0.3, 0.4) is 0 Å². The number of amides is 2. The van der Waals surface area contributed by atoms with Gasteiger partial charge in [-0.3, -0.25) is 9.59 Å². The van der Waals surface area contributed by atoms with Crippen LogP contribution < -0.4 is 14.8 Å². The van der Waals surface area contributed by atoms with Crippen molar-refractivity contribution >= 4 is 20.1 Å². The van der Waals surface area contributed by atoms with Crippen molar-refractivity contribution in [1.29, 1.82) is 0 Å². The summed E-state index contributed by atoms with van der Waals surface area (Å²) < 4.78 is 18.1. The lowest BCUT2D eigenvalue weighted by atomic mass is 9.92. The van der Waals surface area contributed by atoms with E-state index >= 15 is 0 Å². The zero-order chi connectivity index (χ0) is 34.6. The van der Waals surface area contributed by atoms with Gasteiger partial charge in [0.2, 0.25) is 11.8 Å². The van der Waals surface area contributed by atoms with Crippen LogP contribution >= 0.6 is 0 Å². The maximum absolute atomic E-state index is 13.4. The van der Waals surface area contributed by atoms with E-state index < -0.39 is 8.32 Å². The van der Waals surface area contributed by atoms with Gasteiger partial charge in [0.25, 0.3) is 0 Å². The smallest absolute Gasteiger partial charge is 0.222 e.